The maximum atomic E-state index is 13.9. The predicted octanol–water partition coefficient (Wildman–Crippen LogP) is 4.67. The minimum atomic E-state index is -4.22. The zero-order valence-electron chi connectivity index (χ0n) is 19.4. The highest BCUT2D eigenvalue weighted by molar-refractivity contribution is 7.91. The minimum Gasteiger partial charge on any atom is -0.497 e. The van der Waals surface area contributed by atoms with Gasteiger partial charge in [-0.1, -0.05) is 12.1 Å². The Labute approximate surface area is 219 Å². The molecular weight excluding hydrogens is 522 g/mol. The number of carbonyl (C=O) groups excluding carboxylic acids is 1. The smallest absolute Gasteiger partial charge is 0.276 e. The van der Waals surface area contributed by atoms with E-state index < -0.39 is 15.7 Å². The Morgan fingerprint density at radius 2 is 1.89 bits per heavy atom. The number of nitrogens with zero attached hydrogens (tertiary/aromatic N) is 1. The normalized spacial score (nSPS) is 11.0. The van der Waals surface area contributed by atoms with E-state index in [2.05, 4.69) is 4.98 Å². The number of pyridine rings is 1. The number of hydroxylamine groups is 1. The molecule has 2 aromatic heterocycles. The number of benzene rings is 2. The van der Waals surface area contributed by atoms with E-state index in [1.165, 1.54) is 42.7 Å². The number of halogens is 1. The number of aromatic nitrogens is 1. The Balaban J connectivity index is 0.00000361. The molecular formula is C25H24ClN3O5S2. The van der Waals surface area contributed by atoms with Crippen LogP contribution in [0.3, 0.4) is 0 Å². The third-order valence-electron chi connectivity index (χ3n) is 5.69. The average Bonchev–Trinajstić information content (AvgIpc) is 3.41. The Morgan fingerprint density at radius 3 is 2.44 bits per heavy atom. The molecule has 2 aromatic carbocycles. The van der Waals surface area contributed by atoms with Gasteiger partial charge in [0, 0.05) is 34.9 Å². The third kappa shape index (κ3) is 4.93. The molecule has 0 unspecified atom stereocenters. The number of hydrogen-bond donors (Lipinski definition) is 3. The van der Waals surface area contributed by atoms with Gasteiger partial charge in [-0.05, 0) is 65.4 Å². The van der Waals surface area contributed by atoms with Crippen LogP contribution in [0.25, 0.3) is 10.4 Å². The van der Waals surface area contributed by atoms with Crippen molar-refractivity contribution in [3.63, 3.8) is 0 Å². The summed E-state index contributed by atoms with van der Waals surface area (Å²) in [5.74, 6) is -0.462. The molecule has 188 valence electrons. The van der Waals surface area contributed by atoms with Crippen molar-refractivity contribution >= 4 is 45.2 Å². The van der Waals surface area contributed by atoms with Gasteiger partial charge in [-0.25, -0.2) is 13.9 Å². The molecule has 1 amide bonds. The summed E-state index contributed by atoms with van der Waals surface area (Å²) >= 11 is 1.33. The molecule has 0 saturated carbocycles. The van der Waals surface area contributed by atoms with Gasteiger partial charge in [0.25, 0.3) is 5.91 Å². The van der Waals surface area contributed by atoms with Gasteiger partial charge in [0.1, 0.15) is 5.75 Å². The largest absolute Gasteiger partial charge is 0.497 e. The number of sulfone groups is 1. The van der Waals surface area contributed by atoms with E-state index in [4.69, 9.17) is 10.5 Å². The van der Waals surface area contributed by atoms with Crippen molar-refractivity contribution in [3.05, 3.63) is 88.6 Å². The summed E-state index contributed by atoms with van der Waals surface area (Å²) < 4.78 is 32.9. The molecule has 0 atom stereocenters. The lowest BCUT2D eigenvalue weighted by Crippen LogP contribution is -2.25. The van der Waals surface area contributed by atoms with Gasteiger partial charge in [-0.2, -0.15) is 0 Å². The number of hydrogen-bond acceptors (Lipinski definition) is 8. The van der Waals surface area contributed by atoms with Crippen molar-refractivity contribution in [2.45, 2.75) is 23.1 Å². The number of ether oxygens (including phenoxy) is 1. The van der Waals surface area contributed by atoms with Gasteiger partial charge in [0.15, 0.2) is 0 Å². The topological polar surface area (TPSA) is 132 Å². The summed E-state index contributed by atoms with van der Waals surface area (Å²) in [7, 11) is -2.74. The van der Waals surface area contributed by atoms with Crippen LogP contribution in [0.15, 0.2) is 76.1 Å². The van der Waals surface area contributed by atoms with Gasteiger partial charge < -0.3 is 10.5 Å². The summed E-state index contributed by atoms with van der Waals surface area (Å²) in [6, 6.07) is 13.1. The van der Waals surface area contributed by atoms with Gasteiger partial charge in [0.05, 0.1) is 22.5 Å². The van der Waals surface area contributed by atoms with Crippen molar-refractivity contribution in [1.82, 2.24) is 10.5 Å². The molecule has 0 spiro atoms. The highest BCUT2D eigenvalue weighted by atomic mass is 35.5. The molecule has 0 aliphatic rings. The highest BCUT2D eigenvalue weighted by Gasteiger charge is 2.33. The number of rotatable bonds is 7. The zero-order chi connectivity index (χ0) is 25.2. The molecule has 4 rings (SSSR count). The minimum absolute atomic E-state index is 0. The van der Waals surface area contributed by atoms with Crippen LogP contribution in [0.4, 0.5) is 5.69 Å². The summed E-state index contributed by atoms with van der Waals surface area (Å²) in [6.45, 7) is 1.56. The van der Waals surface area contributed by atoms with E-state index in [0.717, 1.165) is 5.56 Å². The molecule has 4 aromatic rings. The fourth-order valence-corrected chi connectivity index (χ4v) is 6.51. The first-order valence-corrected chi connectivity index (χ1v) is 12.9. The maximum absolute atomic E-state index is 13.9. The zero-order valence-corrected chi connectivity index (χ0v) is 21.8. The SMILES string of the molecule is COc1ccc(S(=O)(=O)c2c(C)c(N)c(Cc3cccnc3)c(-c3cccs3)c2C(=O)NO)cc1.Cl. The molecule has 4 N–H and O–H groups in total. The van der Waals surface area contributed by atoms with E-state index in [-0.39, 0.29) is 39.0 Å². The monoisotopic (exact) mass is 545 g/mol. The van der Waals surface area contributed by atoms with Crippen LogP contribution in [0.2, 0.25) is 0 Å². The number of nitrogen functional groups attached to an aromatic ring is 1. The van der Waals surface area contributed by atoms with E-state index in [1.54, 1.807) is 43.0 Å². The van der Waals surface area contributed by atoms with E-state index in [1.807, 2.05) is 11.4 Å². The Bertz CT molecular complexity index is 1470. The summed E-state index contributed by atoms with van der Waals surface area (Å²) in [5.41, 5.74) is 10.3. The van der Waals surface area contributed by atoms with Crippen LogP contribution in [0, 0.1) is 6.92 Å². The maximum Gasteiger partial charge on any atom is 0.276 e. The Kier molecular flexibility index (Phi) is 8.36. The summed E-state index contributed by atoms with van der Waals surface area (Å²) in [6.07, 6.45) is 3.64. The molecule has 0 aliphatic carbocycles. The van der Waals surface area contributed by atoms with Crippen LogP contribution < -0.4 is 16.0 Å². The lowest BCUT2D eigenvalue weighted by atomic mass is 9.90. The quantitative estimate of drug-likeness (QED) is 0.174. The molecule has 36 heavy (non-hydrogen) atoms. The number of nitrogens with two attached hydrogens (primary N) is 1. The van der Waals surface area contributed by atoms with Gasteiger partial charge in [-0.3, -0.25) is 15.0 Å². The standard InChI is InChI=1S/C25H23N3O5S2.ClH/c1-15-23(26)19(13-16-5-3-11-27-14-16)21(20-6-4-12-34-20)22(25(29)28-30)24(15)35(31,32)18-9-7-17(33-2)8-10-18;/h3-12,14,30H,13,26H2,1-2H3,(H,28,29);1H. The van der Waals surface area contributed by atoms with E-state index in [9.17, 15) is 18.4 Å². The van der Waals surface area contributed by atoms with Crippen LogP contribution >= 0.6 is 23.7 Å². The van der Waals surface area contributed by atoms with E-state index in [0.29, 0.717) is 28.2 Å². The molecule has 0 radical (unpaired) electrons. The van der Waals surface area contributed by atoms with E-state index >= 15 is 0 Å². The van der Waals surface area contributed by atoms with Crippen molar-refractivity contribution in [2.24, 2.45) is 0 Å². The molecule has 0 bridgehead atoms. The van der Waals surface area contributed by atoms with Crippen molar-refractivity contribution in [3.8, 4) is 16.2 Å². The van der Waals surface area contributed by atoms with Crippen LogP contribution in [0.1, 0.15) is 27.0 Å². The van der Waals surface area contributed by atoms with Crippen molar-refractivity contribution < 1.29 is 23.2 Å². The van der Waals surface area contributed by atoms with Gasteiger partial charge in [-0.15, -0.1) is 23.7 Å². The fraction of sp³-hybridized carbons (Fsp3) is 0.120. The number of thiophene rings is 1. The fourth-order valence-electron chi connectivity index (χ4n) is 4.00. The van der Waals surface area contributed by atoms with Crippen LogP contribution in [-0.4, -0.2) is 31.6 Å². The van der Waals surface area contributed by atoms with Crippen molar-refractivity contribution in [2.75, 3.05) is 12.8 Å². The first kappa shape index (κ1) is 27.2. The van der Waals surface area contributed by atoms with Crippen LogP contribution in [0.5, 0.6) is 5.75 Å². The molecule has 0 saturated heterocycles. The molecule has 8 nitrogen and oxygen atoms in total. The number of anilines is 1. The predicted molar refractivity (Wildman–Crippen MR) is 141 cm³/mol. The molecule has 0 fully saturated rings. The van der Waals surface area contributed by atoms with Gasteiger partial charge in [0.2, 0.25) is 9.84 Å². The Hall–Kier alpha value is -3.44. The molecule has 11 heteroatoms. The second-order valence-electron chi connectivity index (χ2n) is 7.73. The first-order valence-electron chi connectivity index (χ1n) is 10.5. The highest BCUT2D eigenvalue weighted by Crippen LogP contribution is 2.43. The Morgan fingerprint density at radius 1 is 1.17 bits per heavy atom. The number of nitrogens with one attached hydrogen (secondary N) is 1. The molecule has 0 aliphatic heterocycles. The second kappa shape index (κ2) is 11.1. The number of methoxy groups -OCH3 is 1. The van der Waals surface area contributed by atoms with Crippen molar-refractivity contribution in [1.29, 1.82) is 0 Å². The second-order valence-corrected chi connectivity index (χ2v) is 10.6. The number of carbonyl (C=O) groups is 1. The summed E-state index contributed by atoms with van der Waals surface area (Å²) in [4.78, 5) is 17.6. The average molecular weight is 546 g/mol. The lowest BCUT2D eigenvalue weighted by molar-refractivity contribution is 0.0703. The third-order valence-corrected chi connectivity index (χ3v) is 8.51. The molecule has 2 heterocycles. The first-order chi connectivity index (χ1) is 16.8. The van der Waals surface area contributed by atoms with Crippen LogP contribution in [-0.2, 0) is 16.3 Å². The summed E-state index contributed by atoms with van der Waals surface area (Å²) in [5, 5.41) is 11.4. The van der Waals surface area contributed by atoms with Gasteiger partial charge >= 0.3 is 0 Å². The lowest BCUT2D eigenvalue weighted by Gasteiger charge is -2.22. The number of amides is 1.